The Hall–Kier alpha value is -3.07. The molecule has 0 spiro atoms. The van der Waals surface area contributed by atoms with Crippen molar-refractivity contribution in [3.8, 4) is 0 Å². The van der Waals surface area contributed by atoms with Crippen LogP contribution in [0.1, 0.15) is 11.3 Å². The van der Waals surface area contributed by atoms with Gasteiger partial charge in [0.05, 0.1) is 12.2 Å². The average molecular weight is 358 g/mol. The lowest BCUT2D eigenvalue weighted by molar-refractivity contribution is -0.116. The number of urea groups is 1. The molecule has 1 fully saturated rings. The lowest BCUT2D eigenvalue weighted by atomic mass is 10.2. The summed E-state index contributed by atoms with van der Waals surface area (Å²) in [7, 11) is -3.58. The predicted octanol–water partition coefficient (Wildman–Crippen LogP) is 0.973. The third kappa shape index (κ3) is 3.72. The zero-order valence-corrected chi connectivity index (χ0v) is 14.0. The summed E-state index contributed by atoms with van der Waals surface area (Å²) in [6, 6.07) is 10.1. The van der Waals surface area contributed by atoms with E-state index in [2.05, 4.69) is 15.3 Å². The number of carbonyl (C=O) groups excluding carboxylic acids is 2. The van der Waals surface area contributed by atoms with Crippen molar-refractivity contribution in [2.45, 2.75) is 11.7 Å². The summed E-state index contributed by atoms with van der Waals surface area (Å²) < 4.78 is 23.1. The van der Waals surface area contributed by atoms with E-state index < -0.39 is 21.8 Å². The van der Waals surface area contributed by atoms with Crippen LogP contribution in [0.25, 0.3) is 6.08 Å². The number of hydrogen-bond acceptors (Lipinski definition) is 6. The number of sulfone groups is 1. The maximum atomic E-state index is 12.1. The molecular formula is C16H14N4O4S. The van der Waals surface area contributed by atoms with E-state index >= 15 is 0 Å². The molecule has 0 unspecified atom stereocenters. The standard InChI is InChI=1S/C16H14N4O4S/c1-25(23,24)15-17-8-7-12(18-15)9-13-14(21)19-16(22)20(13)10-11-5-3-2-4-6-11/h2-9H,10H2,1H3,(H,19,21,22)/b13-9-. The number of rotatable bonds is 4. The van der Waals surface area contributed by atoms with E-state index in [1.54, 1.807) is 0 Å². The highest BCUT2D eigenvalue weighted by atomic mass is 32.2. The maximum Gasteiger partial charge on any atom is 0.329 e. The minimum Gasteiger partial charge on any atom is -0.284 e. The molecule has 1 aliphatic rings. The van der Waals surface area contributed by atoms with Gasteiger partial charge in [-0.05, 0) is 17.7 Å². The van der Waals surface area contributed by atoms with E-state index in [-0.39, 0.29) is 23.1 Å². The van der Waals surface area contributed by atoms with Gasteiger partial charge in [-0.1, -0.05) is 30.3 Å². The van der Waals surface area contributed by atoms with Gasteiger partial charge >= 0.3 is 6.03 Å². The van der Waals surface area contributed by atoms with Crippen LogP contribution in [0, 0.1) is 0 Å². The first-order valence-electron chi connectivity index (χ1n) is 7.26. The normalized spacial score (nSPS) is 16.4. The number of amides is 3. The van der Waals surface area contributed by atoms with E-state index in [1.807, 2.05) is 30.3 Å². The molecule has 1 aromatic heterocycles. The number of hydrogen-bond donors (Lipinski definition) is 1. The van der Waals surface area contributed by atoms with Crippen molar-refractivity contribution in [3.05, 3.63) is 59.5 Å². The first-order chi connectivity index (χ1) is 11.8. The predicted molar refractivity (Wildman–Crippen MR) is 88.6 cm³/mol. The Kier molecular flexibility index (Phi) is 4.32. The lowest BCUT2D eigenvalue weighted by Gasteiger charge is -2.15. The van der Waals surface area contributed by atoms with Crippen molar-refractivity contribution in [2.75, 3.05) is 6.26 Å². The Balaban J connectivity index is 1.97. The van der Waals surface area contributed by atoms with Gasteiger partial charge in [0.25, 0.3) is 5.91 Å². The first kappa shape index (κ1) is 16.8. The molecule has 8 nitrogen and oxygen atoms in total. The van der Waals surface area contributed by atoms with Crippen LogP contribution in [0.2, 0.25) is 0 Å². The Labute approximate surface area is 144 Å². The molecule has 1 saturated heterocycles. The topological polar surface area (TPSA) is 109 Å². The molecule has 3 rings (SSSR count). The zero-order chi connectivity index (χ0) is 18.0. The largest absolute Gasteiger partial charge is 0.329 e. The maximum absolute atomic E-state index is 12.1. The molecule has 0 radical (unpaired) electrons. The number of imide groups is 1. The average Bonchev–Trinajstić information content (AvgIpc) is 2.82. The summed E-state index contributed by atoms with van der Waals surface area (Å²) in [4.78, 5) is 33.0. The molecule has 0 bridgehead atoms. The number of nitrogens with one attached hydrogen (secondary N) is 1. The monoisotopic (exact) mass is 358 g/mol. The molecule has 25 heavy (non-hydrogen) atoms. The van der Waals surface area contributed by atoms with Gasteiger partial charge < -0.3 is 0 Å². The van der Waals surface area contributed by atoms with Gasteiger partial charge in [-0.25, -0.2) is 23.2 Å². The van der Waals surface area contributed by atoms with E-state index in [0.717, 1.165) is 11.8 Å². The van der Waals surface area contributed by atoms with Gasteiger partial charge in [0.15, 0.2) is 0 Å². The Morgan fingerprint density at radius 2 is 1.88 bits per heavy atom. The molecule has 128 valence electrons. The van der Waals surface area contributed by atoms with Gasteiger partial charge in [0.1, 0.15) is 5.70 Å². The molecule has 1 aliphatic heterocycles. The second-order valence-electron chi connectivity index (χ2n) is 5.40. The van der Waals surface area contributed by atoms with E-state index in [0.29, 0.717) is 0 Å². The smallest absolute Gasteiger partial charge is 0.284 e. The van der Waals surface area contributed by atoms with E-state index in [1.165, 1.54) is 23.2 Å². The molecule has 9 heteroatoms. The summed E-state index contributed by atoms with van der Waals surface area (Å²) >= 11 is 0. The Morgan fingerprint density at radius 3 is 2.56 bits per heavy atom. The summed E-state index contributed by atoms with van der Waals surface area (Å²) in [5.41, 5.74) is 1.15. The Bertz CT molecular complexity index is 971. The second-order valence-corrected chi connectivity index (χ2v) is 7.31. The number of carbonyl (C=O) groups is 2. The number of nitrogens with zero attached hydrogens (tertiary/aromatic N) is 3. The van der Waals surface area contributed by atoms with Crippen molar-refractivity contribution < 1.29 is 18.0 Å². The van der Waals surface area contributed by atoms with Crippen LogP contribution in [0.4, 0.5) is 4.79 Å². The third-order valence-corrected chi connectivity index (χ3v) is 4.30. The van der Waals surface area contributed by atoms with Crippen molar-refractivity contribution in [1.82, 2.24) is 20.2 Å². The van der Waals surface area contributed by atoms with Crippen LogP contribution in [0.15, 0.2) is 53.4 Å². The van der Waals surface area contributed by atoms with Crippen molar-refractivity contribution in [3.63, 3.8) is 0 Å². The summed E-state index contributed by atoms with van der Waals surface area (Å²) in [5.74, 6) is -0.569. The van der Waals surface area contributed by atoms with E-state index in [9.17, 15) is 18.0 Å². The molecule has 0 atom stereocenters. The van der Waals surface area contributed by atoms with Crippen molar-refractivity contribution in [1.29, 1.82) is 0 Å². The van der Waals surface area contributed by atoms with E-state index in [4.69, 9.17) is 0 Å². The SMILES string of the molecule is CS(=O)(=O)c1nccc(/C=C2/C(=O)NC(=O)N2Cc2ccccc2)n1. The third-order valence-electron chi connectivity index (χ3n) is 3.44. The zero-order valence-electron chi connectivity index (χ0n) is 13.2. The van der Waals surface area contributed by atoms with Gasteiger partial charge in [0, 0.05) is 12.5 Å². The van der Waals surface area contributed by atoms with Gasteiger partial charge in [-0.3, -0.25) is 15.0 Å². The van der Waals surface area contributed by atoms with Crippen molar-refractivity contribution >= 4 is 27.9 Å². The summed E-state index contributed by atoms with van der Waals surface area (Å²) in [6.45, 7) is 0.203. The minimum atomic E-state index is -3.58. The summed E-state index contributed by atoms with van der Waals surface area (Å²) in [5, 5.41) is 1.87. The first-order valence-corrected chi connectivity index (χ1v) is 9.15. The highest BCUT2D eigenvalue weighted by molar-refractivity contribution is 7.90. The fourth-order valence-electron chi connectivity index (χ4n) is 2.28. The molecular weight excluding hydrogens is 344 g/mol. The molecule has 2 aromatic rings. The van der Waals surface area contributed by atoms with Gasteiger partial charge in [-0.2, -0.15) is 0 Å². The minimum absolute atomic E-state index is 0.0898. The molecule has 0 saturated carbocycles. The van der Waals surface area contributed by atoms with Crippen molar-refractivity contribution in [2.24, 2.45) is 0 Å². The molecule has 3 amide bonds. The summed E-state index contributed by atoms with van der Waals surface area (Å²) in [6.07, 6.45) is 3.64. The van der Waals surface area contributed by atoms with Crippen LogP contribution in [0.3, 0.4) is 0 Å². The van der Waals surface area contributed by atoms with Gasteiger partial charge in [0.2, 0.25) is 15.0 Å². The number of benzene rings is 1. The van der Waals surface area contributed by atoms with Crippen LogP contribution in [-0.4, -0.2) is 41.5 Å². The quantitative estimate of drug-likeness (QED) is 0.495. The number of aromatic nitrogens is 2. The van der Waals surface area contributed by atoms with Crippen LogP contribution in [0.5, 0.6) is 0 Å². The fourth-order valence-corrected chi connectivity index (χ4v) is 2.80. The lowest BCUT2D eigenvalue weighted by Crippen LogP contribution is -2.27. The van der Waals surface area contributed by atoms with Gasteiger partial charge in [-0.15, -0.1) is 0 Å². The Morgan fingerprint density at radius 1 is 1.16 bits per heavy atom. The van der Waals surface area contributed by atoms with Crippen LogP contribution < -0.4 is 5.32 Å². The second kappa shape index (κ2) is 6.44. The highest BCUT2D eigenvalue weighted by Crippen LogP contribution is 2.19. The van der Waals surface area contributed by atoms with Crippen LogP contribution in [-0.2, 0) is 21.2 Å². The fraction of sp³-hybridized carbons (Fsp3) is 0.125. The molecule has 1 aromatic carbocycles. The van der Waals surface area contributed by atoms with Crippen LogP contribution >= 0.6 is 0 Å². The highest BCUT2D eigenvalue weighted by Gasteiger charge is 2.33. The molecule has 0 aliphatic carbocycles. The molecule has 1 N–H and O–H groups in total. The molecule has 2 heterocycles.